The summed E-state index contributed by atoms with van der Waals surface area (Å²) in [5, 5.41) is 1.13. The summed E-state index contributed by atoms with van der Waals surface area (Å²) in [4.78, 5) is 4.74. The number of halogens is 2. The van der Waals surface area contributed by atoms with E-state index in [0.29, 0.717) is 39.4 Å². The first kappa shape index (κ1) is 18.8. The lowest BCUT2D eigenvalue weighted by molar-refractivity contribution is 0.224. The van der Waals surface area contributed by atoms with Crippen molar-refractivity contribution in [1.82, 2.24) is 0 Å². The number of nitrogens with zero attached hydrogens (tertiary/aromatic N) is 1. The van der Waals surface area contributed by atoms with Crippen LogP contribution >= 0.6 is 23.2 Å². The van der Waals surface area contributed by atoms with Crippen molar-refractivity contribution in [2.24, 2.45) is 10.4 Å². The zero-order valence-electron chi connectivity index (χ0n) is 15.8. The molecule has 142 valence electrons. The second-order valence-corrected chi connectivity index (χ2v) is 9.28. The van der Waals surface area contributed by atoms with Crippen molar-refractivity contribution in [1.29, 1.82) is 0 Å². The maximum Gasteiger partial charge on any atom is 0.219 e. The molecule has 1 atom stereocenters. The Hall–Kier alpha value is -1.51. The molecule has 27 heavy (non-hydrogen) atoms. The molecule has 0 aromatic heterocycles. The topological polar surface area (TPSA) is 21.6 Å². The zero-order chi connectivity index (χ0) is 19.0. The van der Waals surface area contributed by atoms with Crippen LogP contribution in [0.4, 0.5) is 0 Å². The summed E-state index contributed by atoms with van der Waals surface area (Å²) in [6, 6.07) is 14.4. The van der Waals surface area contributed by atoms with Gasteiger partial charge in [0.25, 0.3) is 0 Å². The fourth-order valence-corrected chi connectivity index (χ4v) is 4.67. The van der Waals surface area contributed by atoms with Crippen molar-refractivity contribution in [3.05, 3.63) is 69.2 Å². The van der Waals surface area contributed by atoms with Crippen LogP contribution in [0.25, 0.3) is 0 Å². The Bertz CT molecular complexity index is 827. The standard InChI is InChI=1S/C23H25Cl2NO/c1-23(2)12-10-16(11-13-23)15-6-8-17(9-7-15)20-14-27-22(26-20)21-18(24)4-3-5-19(21)25/h3-9,16,20H,10-14H2,1-2H3. The quantitative estimate of drug-likeness (QED) is 0.532. The first-order chi connectivity index (χ1) is 12.9. The molecule has 0 saturated heterocycles. The number of aliphatic imine (C=N–C) groups is 1. The van der Waals surface area contributed by atoms with Gasteiger partial charge in [-0.15, -0.1) is 0 Å². The molecule has 1 fully saturated rings. The molecule has 1 aliphatic heterocycles. The van der Waals surface area contributed by atoms with E-state index in [0.717, 1.165) is 0 Å². The lowest BCUT2D eigenvalue weighted by Crippen LogP contribution is -2.20. The van der Waals surface area contributed by atoms with Gasteiger partial charge in [-0.1, -0.05) is 67.4 Å². The molecule has 1 saturated carbocycles. The average Bonchev–Trinajstić information content (AvgIpc) is 3.11. The van der Waals surface area contributed by atoms with Gasteiger partial charge in [-0.2, -0.15) is 0 Å². The van der Waals surface area contributed by atoms with Crippen molar-refractivity contribution < 1.29 is 4.74 Å². The van der Waals surface area contributed by atoms with Crippen molar-refractivity contribution in [2.45, 2.75) is 51.5 Å². The van der Waals surface area contributed by atoms with Crippen LogP contribution in [0.3, 0.4) is 0 Å². The number of hydrogen-bond acceptors (Lipinski definition) is 2. The highest BCUT2D eigenvalue weighted by atomic mass is 35.5. The van der Waals surface area contributed by atoms with E-state index in [-0.39, 0.29) is 6.04 Å². The molecule has 2 nitrogen and oxygen atoms in total. The van der Waals surface area contributed by atoms with E-state index in [1.807, 2.05) is 18.2 Å². The Labute approximate surface area is 171 Å². The van der Waals surface area contributed by atoms with Gasteiger partial charge in [-0.3, -0.25) is 0 Å². The van der Waals surface area contributed by atoms with E-state index >= 15 is 0 Å². The molecule has 1 aliphatic carbocycles. The Balaban J connectivity index is 1.49. The van der Waals surface area contributed by atoms with Crippen LogP contribution in [0.2, 0.25) is 10.0 Å². The predicted octanol–water partition coefficient (Wildman–Crippen LogP) is 7.20. The summed E-state index contributed by atoms with van der Waals surface area (Å²) in [6.07, 6.45) is 5.18. The van der Waals surface area contributed by atoms with Gasteiger partial charge in [0.1, 0.15) is 12.6 Å². The molecule has 0 spiro atoms. The third-order valence-corrected chi connectivity index (χ3v) is 6.59. The summed E-state index contributed by atoms with van der Waals surface area (Å²) in [5.74, 6) is 1.22. The van der Waals surface area contributed by atoms with E-state index in [1.54, 1.807) is 0 Å². The van der Waals surface area contributed by atoms with Gasteiger partial charge in [-0.05, 0) is 60.3 Å². The maximum atomic E-state index is 6.28. The van der Waals surface area contributed by atoms with Crippen LogP contribution in [-0.4, -0.2) is 12.5 Å². The van der Waals surface area contributed by atoms with E-state index in [9.17, 15) is 0 Å². The highest BCUT2D eigenvalue weighted by Gasteiger charge is 2.28. The molecule has 0 bridgehead atoms. The highest BCUT2D eigenvalue weighted by Crippen LogP contribution is 2.42. The first-order valence-electron chi connectivity index (χ1n) is 9.68. The van der Waals surface area contributed by atoms with E-state index in [4.69, 9.17) is 32.9 Å². The predicted molar refractivity (Wildman–Crippen MR) is 113 cm³/mol. The Kier molecular flexibility index (Phi) is 5.22. The lowest BCUT2D eigenvalue weighted by Gasteiger charge is -2.34. The average molecular weight is 402 g/mol. The molecule has 2 aliphatic rings. The second kappa shape index (κ2) is 7.48. The number of ether oxygens (including phenoxy) is 1. The molecule has 4 heteroatoms. The van der Waals surface area contributed by atoms with Gasteiger partial charge < -0.3 is 4.74 Å². The zero-order valence-corrected chi connectivity index (χ0v) is 17.4. The van der Waals surface area contributed by atoms with Gasteiger partial charge in [0.2, 0.25) is 5.90 Å². The molecule has 0 amide bonds. The van der Waals surface area contributed by atoms with E-state index in [2.05, 4.69) is 38.1 Å². The number of rotatable bonds is 3. The molecule has 2 aromatic carbocycles. The summed E-state index contributed by atoms with van der Waals surface area (Å²) in [5.41, 5.74) is 3.81. The molecule has 4 rings (SSSR count). The second-order valence-electron chi connectivity index (χ2n) is 8.46. The minimum atomic E-state index is -0.00770. The normalized spacial score (nSPS) is 22.4. The summed E-state index contributed by atoms with van der Waals surface area (Å²) in [7, 11) is 0. The monoisotopic (exact) mass is 401 g/mol. The van der Waals surface area contributed by atoms with E-state index in [1.165, 1.54) is 36.8 Å². The minimum Gasteiger partial charge on any atom is -0.475 e. The van der Waals surface area contributed by atoms with E-state index < -0.39 is 0 Å². The van der Waals surface area contributed by atoms with Crippen molar-refractivity contribution in [2.75, 3.05) is 6.61 Å². The lowest BCUT2D eigenvalue weighted by atomic mass is 9.71. The van der Waals surface area contributed by atoms with Crippen LogP contribution in [0.15, 0.2) is 47.5 Å². The van der Waals surface area contributed by atoms with Gasteiger partial charge in [0.05, 0.1) is 15.6 Å². The molecule has 1 heterocycles. The summed E-state index contributed by atoms with van der Waals surface area (Å²) in [6.45, 7) is 5.29. The van der Waals surface area contributed by atoms with Crippen molar-refractivity contribution >= 4 is 29.1 Å². The molecule has 1 unspecified atom stereocenters. The van der Waals surface area contributed by atoms with Crippen molar-refractivity contribution in [3.63, 3.8) is 0 Å². The fraction of sp³-hybridized carbons (Fsp3) is 0.435. The highest BCUT2D eigenvalue weighted by molar-refractivity contribution is 6.39. The van der Waals surface area contributed by atoms with Crippen LogP contribution < -0.4 is 0 Å². The molecular formula is C23H25Cl2NO. The number of benzene rings is 2. The Morgan fingerprint density at radius 2 is 1.52 bits per heavy atom. The van der Waals surface area contributed by atoms with Crippen LogP contribution in [0.1, 0.15) is 68.2 Å². The molecule has 2 aromatic rings. The van der Waals surface area contributed by atoms with Gasteiger partial charge >= 0.3 is 0 Å². The van der Waals surface area contributed by atoms with Gasteiger partial charge in [-0.25, -0.2) is 4.99 Å². The maximum absolute atomic E-state index is 6.28. The largest absolute Gasteiger partial charge is 0.475 e. The molecule has 0 radical (unpaired) electrons. The van der Waals surface area contributed by atoms with Crippen LogP contribution in [0, 0.1) is 5.41 Å². The minimum absolute atomic E-state index is 0.00770. The van der Waals surface area contributed by atoms with Crippen LogP contribution in [-0.2, 0) is 4.74 Å². The molecular weight excluding hydrogens is 377 g/mol. The smallest absolute Gasteiger partial charge is 0.219 e. The number of hydrogen-bond donors (Lipinski definition) is 0. The third kappa shape index (κ3) is 4.02. The fourth-order valence-electron chi connectivity index (χ4n) is 4.11. The van der Waals surface area contributed by atoms with Gasteiger partial charge in [0, 0.05) is 0 Å². The van der Waals surface area contributed by atoms with Crippen molar-refractivity contribution in [3.8, 4) is 0 Å². The summed E-state index contributed by atoms with van der Waals surface area (Å²) >= 11 is 12.6. The third-order valence-electron chi connectivity index (χ3n) is 5.96. The van der Waals surface area contributed by atoms with Gasteiger partial charge in [0.15, 0.2) is 0 Å². The Morgan fingerprint density at radius 1 is 0.926 bits per heavy atom. The summed E-state index contributed by atoms with van der Waals surface area (Å²) < 4.78 is 5.82. The van der Waals surface area contributed by atoms with Crippen LogP contribution in [0.5, 0.6) is 0 Å². The first-order valence-corrected chi connectivity index (χ1v) is 10.4. The Morgan fingerprint density at radius 3 is 2.15 bits per heavy atom. The molecule has 0 N–H and O–H groups in total. The SMILES string of the molecule is CC1(C)CCC(c2ccc(C3COC(c4c(Cl)cccc4Cl)=N3)cc2)CC1.